The summed E-state index contributed by atoms with van der Waals surface area (Å²) < 4.78 is 0. The molecule has 3 aromatic rings. The zero-order valence-electron chi connectivity index (χ0n) is 11.1. The van der Waals surface area contributed by atoms with E-state index in [1.807, 2.05) is 23.9 Å². The van der Waals surface area contributed by atoms with Gasteiger partial charge in [-0.25, -0.2) is 0 Å². The number of phenols is 1. The molecule has 0 heterocycles. The molecule has 0 atom stereocenters. The first-order valence-corrected chi connectivity index (χ1v) is 7.70. The van der Waals surface area contributed by atoms with E-state index in [1.54, 1.807) is 12.1 Å². The molecule has 0 saturated heterocycles. The summed E-state index contributed by atoms with van der Waals surface area (Å²) in [5.74, 6) is 1.36. The molecule has 0 amide bonds. The van der Waals surface area contributed by atoms with Crippen LogP contribution in [0.15, 0.2) is 71.6 Å². The molecule has 3 aromatic carbocycles. The van der Waals surface area contributed by atoms with Gasteiger partial charge in [-0.15, -0.1) is 11.8 Å². The van der Waals surface area contributed by atoms with Crippen LogP contribution in [0.1, 0.15) is 5.56 Å². The maximum absolute atomic E-state index is 9.27. The highest BCUT2D eigenvalue weighted by Crippen LogP contribution is 2.24. The third-order valence-electron chi connectivity index (χ3n) is 3.36. The molecule has 3 rings (SSSR count). The minimum absolute atomic E-state index is 0.323. The molecule has 0 fully saturated rings. The van der Waals surface area contributed by atoms with Crippen molar-refractivity contribution in [2.45, 2.75) is 11.3 Å². The van der Waals surface area contributed by atoms with Gasteiger partial charge < -0.3 is 5.11 Å². The van der Waals surface area contributed by atoms with E-state index in [2.05, 4.69) is 42.5 Å². The number of benzene rings is 3. The van der Waals surface area contributed by atoms with Crippen LogP contribution in [0.3, 0.4) is 0 Å². The Hall–Kier alpha value is -1.93. The van der Waals surface area contributed by atoms with Gasteiger partial charge in [0.05, 0.1) is 0 Å². The predicted octanol–water partition coefficient (Wildman–Crippen LogP) is 4.88. The lowest BCUT2D eigenvalue weighted by Gasteiger charge is -2.06. The Morgan fingerprint density at radius 1 is 0.800 bits per heavy atom. The molecule has 0 unspecified atom stereocenters. The van der Waals surface area contributed by atoms with Crippen LogP contribution in [0.25, 0.3) is 10.8 Å². The third-order valence-corrected chi connectivity index (χ3v) is 4.37. The summed E-state index contributed by atoms with van der Waals surface area (Å²) in [6.07, 6.45) is 1.05. The van der Waals surface area contributed by atoms with E-state index in [0.29, 0.717) is 5.75 Å². The average Bonchev–Trinajstić information content (AvgIpc) is 2.49. The number of aromatic hydroxyl groups is 1. The van der Waals surface area contributed by atoms with Crippen molar-refractivity contribution < 1.29 is 5.11 Å². The van der Waals surface area contributed by atoms with E-state index in [0.717, 1.165) is 12.2 Å². The highest BCUT2D eigenvalue weighted by atomic mass is 32.2. The highest BCUT2D eigenvalue weighted by molar-refractivity contribution is 7.99. The number of fused-ring (bicyclic) bond motifs is 1. The van der Waals surface area contributed by atoms with E-state index in [-0.39, 0.29) is 0 Å². The molecule has 1 N–H and O–H groups in total. The van der Waals surface area contributed by atoms with Gasteiger partial charge in [-0.1, -0.05) is 42.5 Å². The summed E-state index contributed by atoms with van der Waals surface area (Å²) in [5, 5.41) is 11.9. The van der Waals surface area contributed by atoms with Crippen LogP contribution in [0.4, 0.5) is 0 Å². The average molecular weight is 280 g/mol. The lowest BCUT2D eigenvalue weighted by Crippen LogP contribution is -1.90. The predicted molar refractivity (Wildman–Crippen MR) is 86.5 cm³/mol. The Morgan fingerprint density at radius 2 is 1.55 bits per heavy atom. The van der Waals surface area contributed by atoms with Crippen LogP contribution in [0, 0.1) is 0 Å². The number of hydrogen-bond donors (Lipinski definition) is 1. The molecule has 0 aromatic heterocycles. The fraction of sp³-hybridized carbons (Fsp3) is 0.111. The highest BCUT2D eigenvalue weighted by Gasteiger charge is 2.01. The first kappa shape index (κ1) is 13.1. The molecule has 0 saturated carbocycles. The second kappa shape index (κ2) is 6.02. The number of rotatable bonds is 4. The smallest absolute Gasteiger partial charge is 0.115 e. The lowest BCUT2D eigenvalue weighted by atomic mass is 10.0. The fourth-order valence-corrected chi connectivity index (χ4v) is 3.22. The Kier molecular flexibility index (Phi) is 3.93. The minimum Gasteiger partial charge on any atom is -0.508 e. The van der Waals surface area contributed by atoms with Crippen molar-refractivity contribution in [1.82, 2.24) is 0 Å². The van der Waals surface area contributed by atoms with Crippen LogP contribution in [-0.4, -0.2) is 10.9 Å². The molecule has 0 aliphatic carbocycles. The quantitative estimate of drug-likeness (QED) is 0.687. The Morgan fingerprint density at radius 3 is 2.40 bits per heavy atom. The van der Waals surface area contributed by atoms with Crippen molar-refractivity contribution in [3.05, 3.63) is 72.3 Å². The largest absolute Gasteiger partial charge is 0.508 e. The van der Waals surface area contributed by atoms with Crippen molar-refractivity contribution in [1.29, 1.82) is 0 Å². The minimum atomic E-state index is 0.323. The van der Waals surface area contributed by atoms with Gasteiger partial charge in [0.15, 0.2) is 0 Å². The SMILES string of the molecule is Oc1ccc(SCCc2cccc3ccccc23)cc1. The number of aryl methyl sites for hydroxylation is 1. The molecule has 0 bridgehead atoms. The third kappa shape index (κ3) is 2.97. The topological polar surface area (TPSA) is 20.2 Å². The molecule has 0 aliphatic rings. The maximum Gasteiger partial charge on any atom is 0.115 e. The molecule has 0 radical (unpaired) electrons. The van der Waals surface area contributed by atoms with Crippen molar-refractivity contribution >= 4 is 22.5 Å². The van der Waals surface area contributed by atoms with Gasteiger partial charge in [0, 0.05) is 10.6 Å². The first-order chi connectivity index (χ1) is 9.83. The zero-order chi connectivity index (χ0) is 13.8. The molecule has 1 nitrogen and oxygen atoms in total. The van der Waals surface area contributed by atoms with Gasteiger partial charge >= 0.3 is 0 Å². The van der Waals surface area contributed by atoms with Crippen molar-refractivity contribution in [3.63, 3.8) is 0 Å². The Bertz CT molecular complexity index is 699. The second-order valence-electron chi connectivity index (χ2n) is 4.73. The summed E-state index contributed by atoms with van der Waals surface area (Å²) in [4.78, 5) is 1.20. The van der Waals surface area contributed by atoms with E-state index >= 15 is 0 Å². The standard InChI is InChI=1S/C18H16OS/c19-16-8-10-17(11-9-16)20-13-12-15-6-3-5-14-4-1-2-7-18(14)15/h1-11,19H,12-13H2. The van der Waals surface area contributed by atoms with E-state index in [1.165, 1.54) is 21.2 Å². The van der Waals surface area contributed by atoms with Gasteiger partial charge in [-0.05, 0) is 47.0 Å². The molecule has 100 valence electrons. The summed E-state index contributed by atoms with van der Waals surface area (Å²) in [7, 11) is 0. The first-order valence-electron chi connectivity index (χ1n) is 6.71. The van der Waals surface area contributed by atoms with Gasteiger partial charge in [-0.3, -0.25) is 0 Å². The lowest BCUT2D eigenvalue weighted by molar-refractivity contribution is 0.475. The number of phenolic OH excluding ortho intramolecular Hbond substituents is 1. The van der Waals surface area contributed by atoms with Crippen LogP contribution in [0.2, 0.25) is 0 Å². The normalized spacial score (nSPS) is 10.8. The second-order valence-corrected chi connectivity index (χ2v) is 5.90. The fourth-order valence-electron chi connectivity index (χ4n) is 2.33. The molecule has 0 spiro atoms. The zero-order valence-corrected chi connectivity index (χ0v) is 11.9. The summed E-state index contributed by atoms with van der Waals surface area (Å²) in [6, 6.07) is 22.4. The summed E-state index contributed by atoms with van der Waals surface area (Å²) in [6.45, 7) is 0. The van der Waals surface area contributed by atoms with Crippen LogP contribution < -0.4 is 0 Å². The van der Waals surface area contributed by atoms with Crippen molar-refractivity contribution in [2.75, 3.05) is 5.75 Å². The van der Waals surface area contributed by atoms with Crippen LogP contribution in [0.5, 0.6) is 5.75 Å². The molecule has 2 heteroatoms. The summed E-state index contributed by atoms with van der Waals surface area (Å²) in [5.41, 5.74) is 1.40. The molecular formula is C18H16OS. The van der Waals surface area contributed by atoms with Crippen molar-refractivity contribution in [2.24, 2.45) is 0 Å². The van der Waals surface area contributed by atoms with Gasteiger partial charge in [-0.2, -0.15) is 0 Å². The number of thioether (sulfide) groups is 1. The van der Waals surface area contributed by atoms with E-state index < -0.39 is 0 Å². The maximum atomic E-state index is 9.27. The van der Waals surface area contributed by atoms with Crippen LogP contribution in [-0.2, 0) is 6.42 Å². The van der Waals surface area contributed by atoms with Gasteiger partial charge in [0.2, 0.25) is 0 Å². The van der Waals surface area contributed by atoms with E-state index in [9.17, 15) is 5.11 Å². The Balaban J connectivity index is 1.69. The monoisotopic (exact) mass is 280 g/mol. The molecule has 0 aliphatic heterocycles. The summed E-state index contributed by atoms with van der Waals surface area (Å²) >= 11 is 1.82. The van der Waals surface area contributed by atoms with Gasteiger partial charge in [0.1, 0.15) is 5.75 Å². The van der Waals surface area contributed by atoms with Gasteiger partial charge in [0.25, 0.3) is 0 Å². The Labute approximate surface area is 123 Å². The molecule has 20 heavy (non-hydrogen) atoms. The van der Waals surface area contributed by atoms with Crippen LogP contribution >= 0.6 is 11.8 Å². The van der Waals surface area contributed by atoms with Crippen molar-refractivity contribution in [3.8, 4) is 5.75 Å². The number of hydrogen-bond acceptors (Lipinski definition) is 2. The molecular weight excluding hydrogens is 264 g/mol. The van der Waals surface area contributed by atoms with E-state index in [4.69, 9.17) is 0 Å².